The molecule has 0 atom stereocenters. The van der Waals surface area contributed by atoms with E-state index in [1.54, 1.807) is 0 Å². The summed E-state index contributed by atoms with van der Waals surface area (Å²) < 4.78 is 0. The predicted molar refractivity (Wildman–Crippen MR) is 38.1 cm³/mol. The fourth-order valence-electron chi connectivity index (χ4n) is 0.762. The average molecular weight is 176 g/mol. The Morgan fingerprint density at radius 2 is 1.91 bits per heavy atom. The van der Waals surface area contributed by atoms with Crippen molar-refractivity contribution in [3.63, 3.8) is 0 Å². The maximum atomic E-state index is 10.1. The molecule has 1 heterocycles. The molecule has 6 nitrogen and oxygen atoms in total. The van der Waals surface area contributed by atoms with Crippen LogP contribution in [0.5, 0.6) is 0 Å². The highest BCUT2D eigenvalue weighted by Gasteiger charge is 2.34. The molecule has 0 saturated heterocycles. The molecule has 1 rings (SSSR count). The van der Waals surface area contributed by atoms with Crippen LogP contribution in [0, 0.1) is 20.2 Å². The third-order valence-electron chi connectivity index (χ3n) is 1.21. The molecule has 0 spiro atoms. The minimum absolute atomic E-state index is 0.188. The highest BCUT2D eigenvalue weighted by molar-refractivity contribution is 8.03. The van der Waals surface area contributed by atoms with E-state index in [4.69, 9.17) is 0 Å². The number of rotatable bonds is 2. The van der Waals surface area contributed by atoms with Gasteiger partial charge in [0.25, 0.3) is 0 Å². The van der Waals surface area contributed by atoms with Crippen molar-refractivity contribution in [1.82, 2.24) is 0 Å². The van der Waals surface area contributed by atoms with Gasteiger partial charge in [0, 0.05) is 5.75 Å². The third kappa shape index (κ3) is 1.48. The summed E-state index contributed by atoms with van der Waals surface area (Å²) in [6.07, 6.45) is 0.188. The smallest absolute Gasteiger partial charge is 0.258 e. The van der Waals surface area contributed by atoms with Crippen molar-refractivity contribution in [3.05, 3.63) is 31.0 Å². The Balaban J connectivity index is 2.95. The topological polar surface area (TPSA) is 86.3 Å². The quantitative estimate of drug-likeness (QED) is 0.459. The molecule has 7 heteroatoms. The molecular weight excluding hydrogens is 172 g/mol. The lowest BCUT2D eigenvalue weighted by Crippen LogP contribution is -2.02. The normalized spacial score (nSPS) is 17.1. The number of thioether (sulfide) groups is 1. The van der Waals surface area contributed by atoms with E-state index >= 15 is 0 Å². The zero-order chi connectivity index (χ0) is 8.43. The second kappa shape index (κ2) is 2.87. The van der Waals surface area contributed by atoms with Crippen LogP contribution in [-0.2, 0) is 0 Å². The van der Waals surface area contributed by atoms with E-state index in [0.29, 0.717) is 5.75 Å². The highest BCUT2D eigenvalue weighted by atomic mass is 32.2. The molecule has 11 heavy (non-hydrogen) atoms. The van der Waals surface area contributed by atoms with Gasteiger partial charge in [-0.3, -0.25) is 20.2 Å². The number of hydrogen-bond acceptors (Lipinski definition) is 5. The van der Waals surface area contributed by atoms with Gasteiger partial charge in [-0.25, -0.2) is 0 Å². The lowest BCUT2D eigenvalue weighted by Gasteiger charge is -1.87. The lowest BCUT2D eigenvalue weighted by atomic mass is 10.4. The summed E-state index contributed by atoms with van der Waals surface area (Å²) in [7, 11) is 0. The van der Waals surface area contributed by atoms with Crippen molar-refractivity contribution in [2.24, 2.45) is 0 Å². The summed E-state index contributed by atoms with van der Waals surface area (Å²) in [6.45, 7) is 0. The van der Waals surface area contributed by atoms with E-state index in [-0.39, 0.29) is 17.1 Å². The summed E-state index contributed by atoms with van der Waals surface area (Å²) in [6, 6.07) is 0. The first-order chi connectivity index (χ1) is 5.13. The lowest BCUT2D eigenvalue weighted by molar-refractivity contribution is -0.462. The van der Waals surface area contributed by atoms with Crippen LogP contribution >= 0.6 is 11.8 Å². The minimum atomic E-state index is -0.699. The average Bonchev–Trinajstić information content (AvgIpc) is 2.32. The minimum Gasteiger partial charge on any atom is -0.258 e. The van der Waals surface area contributed by atoms with Crippen LogP contribution in [0.1, 0.15) is 6.42 Å². The van der Waals surface area contributed by atoms with Crippen molar-refractivity contribution in [1.29, 1.82) is 0 Å². The van der Waals surface area contributed by atoms with Gasteiger partial charge in [0.2, 0.25) is 0 Å². The molecule has 0 aromatic carbocycles. The van der Waals surface area contributed by atoms with Crippen LogP contribution in [0.25, 0.3) is 0 Å². The van der Waals surface area contributed by atoms with E-state index in [2.05, 4.69) is 0 Å². The van der Waals surface area contributed by atoms with E-state index in [1.165, 1.54) is 0 Å². The molecule has 0 aromatic rings. The fraction of sp³-hybridized carbons (Fsp3) is 0.500. The van der Waals surface area contributed by atoms with Crippen molar-refractivity contribution < 1.29 is 9.85 Å². The zero-order valence-corrected chi connectivity index (χ0v) is 6.17. The third-order valence-corrected chi connectivity index (χ3v) is 2.28. The molecule has 0 radical (unpaired) electrons. The Kier molecular flexibility index (Phi) is 2.08. The molecular formula is C4H4N2O4S. The highest BCUT2D eigenvalue weighted by Crippen LogP contribution is 2.31. The molecule has 0 amide bonds. The van der Waals surface area contributed by atoms with Gasteiger partial charge >= 0.3 is 10.7 Å². The van der Waals surface area contributed by atoms with Gasteiger partial charge in [0.05, 0.1) is 16.3 Å². The molecule has 0 unspecified atom stereocenters. The molecule has 1 aliphatic rings. The summed E-state index contributed by atoms with van der Waals surface area (Å²) >= 11 is 0.926. The Bertz CT molecular complexity index is 224. The van der Waals surface area contributed by atoms with E-state index in [0.717, 1.165) is 11.8 Å². The molecule has 60 valence electrons. The zero-order valence-electron chi connectivity index (χ0n) is 5.35. The van der Waals surface area contributed by atoms with Crippen molar-refractivity contribution in [3.8, 4) is 0 Å². The van der Waals surface area contributed by atoms with Crippen LogP contribution in [0.15, 0.2) is 10.7 Å². The van der Waals surface area contributed by atoms with Gasteiger partial charge < -0.3 is 0 Å². The second-order valence-corrected chi connectivity index (χ2v) is 2.95. The van der Waals surface area contributed by atoms with Crippen LogP contribution in [0.3, 0.4) is 0 Å². The first-order valence-electron chi connectivity index (χ1n) is 2.77. The van der Waals surface area contributed by atoms with Crippen LogP contribution in [-0.4, -0.2) is 15.6 Å². The van der Waals surface area contributed by atoms with Gasteiger partial charge in [-0.2, -0.15) is 0 Å². The Morgan fingerprint density at radius 1 is 1.27 bits per heavy atom. The predicted octanol–water partition coefficient (Wildman–Crippen LogP) is 0.846. The molecule has 0 N–H and O–H groups in total. The van der Waals surface area contributed by atoms with Gasteiger partial charge in [-0.15, -0.1) is 0 Å². The first-order valence-corrected chi connectivity index (χ1v) is 3.76. The molecule has 0 bridgehead atoms. The van der Waals surface area contributed by atoms with Gasteiger partial charge in [0.15, 0.2) is 0 Å². The number of nitrogens with zero attached hydrogens (tertiary/aromatic N) is 2. The number of allylic oxidation sites excluding steroid dienone is 1. The van der Waals surface area contributed by atoms with E-state index in [9.17, 15) is 20.2 Å². The standard InChI is InChI=1S/C4H4N2O4S/c7-5(8)3-1-2-11-4(3)6(9)10/h1-2H2. The molecule has 1 aliphatic heterocycles. The summed E-state index contributed by atoms with van der Waals surface area (Å²) in [5.41, 5.74) is -0.264. The number of hydrogen-bond donors (Lipinski definition) is 0. The van der Waals surface area contributed by atoms with E-state index < -0.39 is 9.85 Å². The second-order valence-electron chi connectivity index (χ2n) is 1.86. The van der Waals surface area contributed by atoms with Crippen molar-refractivity contribution in [2.45, 2.75) is 6.42 Å². The summed E-state index contributed by atoms with van der Waals surface area (Å²) in [4.78, 5) is 18.9. The summed E-state index contributed by atoms with van der Waals surface area (Å²) in [5.74, 6) is 0.437. The van der Waals surface area contributed by atoms with Crippen LogP contribution < -0.4 is 0 Å². The molecule has 0 aromatic heterocycles. The van der Waals surface area contributed by atoms with Crippen molar-refractivity contribution in [2.75, 3.05) is 5.75 Å². The van der Waals surface area contributed by atoms with E-state index in [1.807, 2.05) is 0 Å². The Morgan fingerprint density at radius 3 is 2.27 bits per heavy atom. The SMILES string of the molecule is O=[N+]([O-])C1=C([N+](=O)[O-])SCC1. The monoisotopic (exact) mass is 176 g/mol. The fourth-order valence-corrected chi connectivity index (χ4v) is 1.70. The Labute approximate surface area is 65.6 Å². The maximum Gasteiger partial charge on any atom is 0.375 e. The Hall–Kier alpha value is -1.11. The van der Waals surface area contributed by atoms with Crippen molar-refractivity contribution >= 4 is 11.8 Å². The maximum absolute atomic E-state index is 10.1. The van der Waals surface area contributed by atoms with Gasteiger partial charge in [-0.05, 0) is 11.8 Å². The largest absolute Gasteiger partial charge is 0.375 e. The number of nitro groups is 2. The molecule has 0 aliphatic carbocycles. The molecule has 0 fully saturated rings. The van der Waals surface area contributed by atoms with Gasteiger partial charge in [0.1, 0.15) is 0 Å². The van der Waals surface area contributed by atoms with Gasteiger partial charge in [-0.1, -0.05) is 0 Å². The summed E-state index contributed by atoms with van der Waals surface area (Å²) in [5, 5.41) is 20.0. The van der Waals surface area contributed by atoms with Crippen LogP contribution in [0.4, 0.5) is 0 Å². The first kappa shape index (κ1) is 7.99. The molecule has 0 saturated carbocycles. The van der Waals surface area contributed by atoms with Crippen LogP contribution in [0.2, 0.25) is 0 Å².